The lowest BCUT2D eigenvalue weighted by Crippen LogP contribution is -2.11. The first kappa shape index (κ1) is 11.1. The Kier molecular flexibility index (Phi) is 2.69. The molecule has 0 spiro atoms. The van der Waals surface area contributed by atoms with E-state index >= 15 is 0 Å². The van der Waals surface area contributed by atoms with E-state index in [4.69, 9.17) is 11.6 Å². The number of nitrogens with one attached hydrogen (secondary N) is 1. The smallest absolute Gasteiger partial charge is 0.230 e. The summed E-state index contributed by atoms with van der Waals surface area (Å²) < 4.78 is 24.6. The maximum absolute atomic E-state index is 11.1. The van der Waals surface area contributed by atoms with Crippen molar-refractivity contribution in [1.29, 1.82) is 0 Å². The molecule has 2 rings (SSSR count). The van der Waals surface area contributed by atoms with Crippen molar-refractivity contribution in [2.75, 3.05) is 11.0 Å². The second-order valence-corrected chi connectivity index (χ2v) is 5.44. The van der Waals surface area contributed by atoms with Crippen molar-refractivity contribution in [2.45, 2.75) is 0 Å². The quantitative estimate of drug-likeness (QED) is 0.888. The van der Waals surface area contributed by atoms with Crippen LogP contribution in [0.2, 0.25) is 5.02 Å². The predicted molar refractivity (Wildman–Crippen MR) is 63.0 cm³/mol. The van der Waals surface area contributed by atoms with Gasteiger partial charge in [-0.1, -0.05) is 11.6 Å². The molecule has 0 unspecified atom stereocenters. The molecule has 7 heteroatoms. The molecule has 2 aromatic rings. The van der Waals surface area contributed by atoms with E-state index in [0.29, 0.717) is 15.9 Å². The van der Waals surface area contributed by atoms with Crippen LogP contribution in [0.4, 0.5) is 5.82 Å². The number of rotatable bonds is 2. The lowest BCUT2D eigenvalue weighted by Gasteiger charge is -2.06. The Labute approximate surface area is 97.5 Å². The van der Waals surface area contributed by atoms with Gasteiger partial charge >= 0.3 is 0 Å². The highest BCUT2D eigenvalue weighted by atomic mass is 35.5. The van der Waals surface area contributed by atoms with Gasteiger partial charge in [0.1, 0.15) is 6.33 Å². The monoisotopic (exact) mass is 257 g/mol. The summed E-state index contributed by atoms with van der Waals surface area (Å²) >= 11 is 5.83. The Morgan fingerprint density at radius 3 is 2.75 bits per heavy atom. The largest absolute Gasteiger partial charge is 0.267 e. The molecule has 0 saturated carbocycles. The van der Waals surface area contributed by atoms with Gasteiger partial charge in [0, 0.05) is 10.4 Å². The van der Waals surface area contributed by atoms with Crippen molar-refractivity contribution in [3.8, 4) is 0 Å². The fourth-order valence-corrected chi connectivity index (χ4v) is 1.97. The zero-order valence-corrected chi connectivity index (χ0v) is 9.88. The zero-order valence-electron chi connectivity index (χ0n) is 8.31. The Hall–Kier alpha value is -1.40. The maximum atomic E-state index is 11.1. The van der Waals surface area contributed by atoms with Crippen molar-refractivity contribution in [1.82, 2.24) is 9.97 Å². The van der Waals surface area contributed by atoms with E-state index in [9.17, 15) is 8.42 Å². The Bertz CT molecular complexity index is 642. The summed E-state index contributed by atoms with van der Waals surface area (Å²) in [4.78, 5) is 7.88. The summed E-state index contributed by atoms with van der Waals surface area (Å²) in [5, 5.41) is 1.07. The van der Waals surface area contributed by atoms with E-state index in [1.54, 1.807) is 18.2 Å². The van der Waals surface area contributed by atoms with Crippen molar-refractivity contribution in [2.24, 2.45) is 0 Å². The molecular weight excluding hydrogens is 250 g/mol. The van der Waals surface area contributed by atoms with Gasteiger partial charge < -0.3 is 0 Å². The van der Waals surface area contributed by atoms with Crippen LogP contribution in [0.1, 0.15) is 0 Å². The van der Waals surface area contributed by atoms with Gasteiger partial charge in [-0.05, 0) is 18.2 Å². The third-order valence-corrected chi connectivity index (χ3v) is 2.68. The first-order chi connectivity index (χ1) is 7.46. The van der Waals surface area contributed by atoms with Crippen LogP contribution >= 0.6 is 11.6 Å². The van der Waals surface area contributed by atoms with Gasteiger partial charge in [0.2, 0.25) is 10.0 Å². The molecule has 0 fully saturated rings. The zero-order chi connectivity index (χ0) is 11.8. The Morgan fingerprint density at radius 2 is 2.06 bits per heavy atom. The van der Waals surface area contributed by atoms with Gasteiger partial charge in [-0.15, -0.1) is 0 Å². The number of anilines is 1. The van der Waals surface area contributed by atoms with Crippen molar-refractivity contribution >= 4 is 38.3 Å². The van der Waals surface area contributed by atoms with Crippen LogP contribution in [-0.2, 0) is 10.0 Å². The number of nitrogens with zero attached hydrogens (tertiary/aromatic N) is 2. The molecule has 0 bridgehead atoms. The molecule has 0 atom stereocenters. The summed E-state index contributed by atoms with van der Waals surface area (Å²) in [5.41, 5.74) is 0.630. The van der Waals surface area contributed by atoms with Crippen molar-refractivity contribution in [3.05, 3.63) is 29.5 Å². The highest BCUT2D eigenvalue weighted by molar-refractivity contribution is 7.92. The van der Waals surface area contributed by atoms with Gasteiger partial charge in [-0.25, -0.2) is 18.4 Å². The summed E-state index contributed by atoms with van der Waals surface area (Å²) in [5.74, 6) is 0.231. The van der Waals surface area contributed by atoms with Crippen molar-refractivity contribution < 1.29 is 8.42 Å². The van der Waals surface area contributed by atoms with Gasteiger partial charge in [-0.3, -0.25) is 4.72 Å². The molecule has 0 aliphatic rings. The molecule has 16 heavy (non-hydrogen) atoms. The SMILES string of the molecule is CS(=O)(=O)Nc1ncnc2ccc(Cl)cc12. The van der Waals surface area contributed by atoms with Crippen LogP contribution < -0.4 is 4.72 Å². The van der Waals surface area contributed by atoms with Crippen LogP contribution in [0.3, 0.4) is 0 Å². The van der Waals surface area contributed by atoms with Crippen LogP contribution in [0, 0.1) is 0 Å². The molecule has 84 valence electrons. The van der Waals surface area contributed by atoms with E-state index in [1.165, 1.54) is 6.33 Å². The third kappa shape index (κ3) is 2.40. The van der Waals surface area contributed by atoms with E-state index < -0.39 is 10.0 Å². The maximum Gasteiger partial charge on any atom is 0.230 e. The topological polar surface area (TPSA) is 72.0 Å². The summed E-state index contributed by atoms with van der Waals surface area (Å²) in [7, 11) is -3.36. The normalized spacial score (nSPS) is 11.6. The molecule has 0 aliphatic heterocycles. The fourth-order valence-electron chi connectivity index (χ4n) is 1.29. The van der Waals surface area contributed by atoms with Gasteiger partial charge in [0.25, 0.3) is 0 Å². The summed E-state index contributed by atoms with van der Waals surface area (Å²) in [6.45, 7) is 0. The van der Waals surface area contributed by atoms with Gasteiger partial charge in [0.15, 0.2) is 5.82 Å². The number of benzene rings is 1. The molecule has 0 radical (unpaired) electrons. The highest BCUT2D eigenvalue weighted by Crippen LogP contribution is 2.23. The second kappa shape index (κ2) is 3.88. The molecule has 1 aromatic heterocycles. The minimum Gasteiger partial charge on any atom is -0.267 e. The van der Waals surface area contributed by atoms with Gasteiger partial charge in [-0.2, -0.15) is 0 Å². The molecule has 5 nitrogen and oxygen atoms in total. The molecule has 0 aliphatic carbocycles. The number of hydrogen-bond donors (Lipinski definition) is 1. The third-order valence-electron chi connectivity index (χ3n) is 1.88. The predicted octanol–water partition coefficient (Wildman–Crippen LogP) is 1.65. The minimum atomic E-state index is -3.36. The van der Waals surface area contributed by atoms with Crippen LogP contribution in [0.25, 0.3) is 10.9 Å². The number of aromatic nitrogens is 2. The van der Waals surface area contributed by atoms with Crippen LogP contribution in [-0.4, -0.2) is 24.6 Å². The molecule has 1 heterocycles. The number of sulfonamides is 1. The molecule has 0 saturated heterocycles. The molecule has 0 amide bonds. The molecule has 1 aromatic carbocycles. The number of fused-ring (bicyclic) bond motifs is 1. The molecule has 1 N–H and O–H groups in total. The standard InChI is InChI=1S/C9H8ClN3O2S/c1-16(14,15)13-9-7-4-6(10)2-3-8(7)11-5-12-9/h2-5H,1H3,(H,11,12,13). The van der Waals surface area contributed by atoms with Crippen LogP contribution in [0.15, 0.2) is 24.5 Å². The van der Waals surface area contributed by atoms with E-state index in [0.717, 1.165) is 6.26 Å². The van der Waals surface area contributed by atoms with Crippen LogP contribution in [0.5, 0.6) is 0 Å². The average Bonchev–Trinajstić information content (AvgIpc) is 2.17. The van der Waals surface area contributed by atoms with Crippen molar-refractivity contribution in [3.63, 3.8) is 0 Å². The first-order valence-corrected chi connectivity index (χ1v) is 6.61. The summed E-state index contributed by atoms with van der Waals surface area (Å²) in [6.07, 6.45) is 2.36. The van der Waals surface area contributed by atoms with E-state index in [2.05, 4.69) is 14.7 Å². The summed E-state index contributed by atoms with van der Waals surface area (Å²) in [6, 6.07) is 5.00. The Balaban J connectivity index is 2.65. The lowest BCUT2D eigenvalue weighted by atomic mass is 10.2. The second-order valence-electron chi connectivity index (χ2n) is 3.26. The fraction of sp³-hybridized carbons (Fsp3) is 0.111. The number of halogens is 1. The highest BCUT2D eigenvalue weighted by Gasteiger charge is 2.08. The van der Waals surface area contributed by atoms with E-state index in [-0.39, 0.29) is 5.82 Å². The van der Waals surface area contributed by atoms with E-state index in [1.807, 2.05) is 0 Å². The van der Waals surface area contributed by atoms with Gasteiger partial charge in [0.05, 0.1) is 11.8 Å². The average molecular weight is 258 g/mol. The first-order valence-electron chi connectivity index (χ1n) is 4.34. The Morgan fingerprint density at radius 1 is 1.31 bits per heavy atom. The molecular formula is C9H8ClN3O2S. The minimum absolute atomic E-state index is 0.231. The number of hydrogen-bond acceptors (Lipinski definition) is 4. The lowest BCUT2D eigenvalue weighted by molar-refractivity contribution is 0.606.